The van der Waals surface area contributed by atoms with E-state index in [1.165, 1.54) is 11.8 Å². The number of aliphatic hydroxyl groups is 2. The minimum Gasteiger partial charge on any atom is -0.394 e. The summed E-state index contributed by atoms with van der Waals surface area (Å²) >= 11 is 7.13. The Kier molecular flexibility index (Phi) is 5.08. The Morgan fingerprint density at radius 1 is 1.56 bits per heavy atom. The molecule has 1 unspecified atom stereocenters. The predicted molar refractivity (Wildman–Crippen MR) is 66.3 cm³/mol. The van der Waals surface area contributed by atoms with Gasteiger partial charge in [-0.2, -0.15) is 0 Å². The summed E-state index contributed by atoms with van der Waals surface area (Å²) < 4.78 is 0. The molecular formula is C10H13ClN2O2S. The van der Waals surface area contributed by atoms with E-state index in [0.717, 1.165) is 4.90 Å². The van der Waals surface area contributed by atoms with Crippen molar-refractivity contribution in [2.45, 2.75) is 11.0 Å². The number of nitrogens with one attached hydrogen (secondary N) is 1. The Labute approximate surface area is 103 Å². The number of thioether (sulfide) groups is 1. The number of hydrogen-bond acceptors (Lipinski definition) is 4. The van der Waals surface area contributed by atoms with Gasteiger partial charge in [-0.15, -0.1) is 11.8 Å². The van der Waals surface area contributed by atoms with Crippen LogP contribution in [0.1, 0.15) is 5.56 Å². The van der Waals surface area contributed by atoms with Gasteiger partial charge in [0.05, 0.1) is 12.7 Å². The second-order valence-electron chi connectivity index (χ2n) is 3.20. The predicted octanol–water partition coefficient (Wildman–Crippen LogP) is 1.07. The number of nitrogens with two attached hydrogens (primary N) is 1. The van der Waals surface area contributed by atoms with Crippen LogP contribution < -0.4 is 5.73 Å². The lowest BCUT2D eigenvalue weighted by molar-refractivity contribution is 0.113. The van der Waals surface area contributed by atoms with Gasteiger partial charge in [-0.3, -0.25) is 5.41 Å². The average Bonchev–Trinajstić information content (AvgIpc) is 2.26. The highest BCUT2D eigenvalue weighted by atomic mass is 35.5. The van der Waals surface area contributed by atoms with Crippen molar-refractivity contribution >= 4 is 29.2 Å². The van der Waals surface area contributed by atoms with Crippen LogP contribution in [-0.2, 0) is 0 Å². The summed E-state index contributed by atoms with van der Waals surface area (Å²) in [6, 6.07) is 5.05. The van der Waals surface area contributed by atoms with E-state index in [0.29, 0.717) is 16.3 Å². The van der Waals surface area contributed by atoms with Gasteiger partial charge in [-0.1, -0.05) is 11.6 Å². The summed E-state index contributed by atoms with van der Waals surface area (Å²) in [6.07, 6.45) is -0.777. The Balaban J connectivity index is 2.82. The van der Waals surface area contributed by atoms with Crippen molar-refractivity contribution in [1.29, 1.82) is 5.41 Å². The molecule has 0 aliphatic carbocycles. The number of hydrogen-bond donors (Lipinski definition) is 4. The van der Waals surface area contributed by atoms with Crippen LogP contribution in [0.2, 0.25) is 5.02 Å². The van der Waals surface area contributed by atoms with Crippen molar-refractivity contribution in [1.82, 2.24) is 0 Å². The minimum atomic E-state index is -0.777. The molecule has 1 aromatic carbocycles. The number of rotatable bonds is 5. The Morgan fingerprint density at radius 2 is 2.25 bits per heavy atom. The van der Waals surface area contributed by atoms with Crippen molar-refractivity contribution in [3.63, 3.8) is 0 Å². The zero-order valence-corrected chi connectivity index (χ0v) is 10.1. The number of benzene rings is 1. The Morgan fingerprint density at radius 3 is 2.81 bits per heavy atom. The molecule has 4 nitrogen and oxygen atoms in total. The van der Waals surface area contributed by atoms with Crippen LogP contribution in [0.5, 0.6) is 0 Å². The van der Waals surface area contributed by atoms with Crippen molar-refractivity contribution in [2.75, 3.05) is 12.4 Å². The highest BCUT2D eigenvalue weighted by molar-refractivity contribution is 7.99. The fourth-order valence-corrected chi connectivity index (χ4v) is 2.22. The highest BCUT2D eigenvalue weighted by Gasteiger charge is 2.09. The first kappa shape index (κ1) is 13.3. The molecule has 88 valence electrons. The van der Waals surface area contributed by atoms with Crippen LogP contribution in [-0.4, -0.2) is 34.5 Å². The van der Waals surface area contributed by atoms with E-state index in [4.69, 9.17) is 27.9 Å². The zero-order valence-electron chi connectivity index (χ0n) is 8.48. The van der Waals surface area contributed by atoms with Crippen molar-refractivity contribution in [3.8, 4) is 0 Å². The van der Waals surface area contributed by atoms with Crippen LogP contribution in [0.3, 0.4) is 0 Å². The molecular weight excluding hydrogens is 248 g/mol. The third-order valence-corrected chi connectivity index (χ3v) is 3.33. The van der Waals surface area contributed by atoms with Gasteiger partial charge >= 0.3 is 0 Å². The molecule has 0 fully saturated rings. The highest BCUT2D eigenvalue weighted by Crippen LogP contribution is 2.26. The Hall–Kier alpha value is -0.750. The molecule has 0 saturated carbocycles. The second-order valence-corrected chi connectivity index (χ2v) is 4.70. The van der Waals surface area contributed by atoms with Crippen LogP contribution in [0.15, 0.2) is 23.1 Å². The molecule has 0 amide bonds. The summed E-state index contributed by atoms with van der Waals surface area (Å²) in [5, 5.41) is 25.8. The lowest BCUT2D eigenvalue weighted by Crippen LogP contribution is -2.16. The molecule has 0 aliphatic rings. The summed E-state index contributed by atoms with van der Waals surface area (Å²) in [5.74, 6) is 0.279. The summed E-state index contributed by atoms with van der Waals surface area (Å²) in [5.41, 5.74) is 5.97. The van der Waals surface area contributed by atoms with Crippen molar-refractivity contribution in [2.24, 2.45) is 5.73 Å². The van der Waals surface area contributed by atoms with Gasteiger partial charge in [-0.25, -0.2) is 0 Å². The molecule has 0 heterocycles. The van der Waals surface area contributed by atoms with Crippen LogP contribution in [0, 0.1) is 5.41 Å². The third kappa shape index (κ3) is 3.68. The molecule has 0 aliphatic heterocycles. The lowest BCUT2D eigenvalue weighted by Gasteiger charge is -2.10. The average molecular weight is 261 g/mol. The van der Waals surface area contributed by atoms with E-state index >= 15 is 0 Å². The van der Waals surface area contributed by atoms with Gasteiger partial charge < -0.3 is 15.9 Å². The normalized spacial score (nSPS) is 12.4. The molecule has 1 aromatic rings. The van der Waals surface area contributed by atoms with Gasteiger partial charge in [0.1, 0.15) is 5.84 Å². The fourth-order valence-electron chi connectivity index (χ4n) is 1.08. The standard InChI is InChI=1S/C10H13ClN2O2S/c11-6-1-2-9(8(3-6)10(12)13)16-5-7(15)4-14/h1-3,7,14-15H,4-5H2,(H3,12,13). The summed E-state index contributed by atoms with van der Waals surface area (Å²) in [7, 11) is 0. The first-order valence-corrected chi connectivity index (χ1v) is 5.96. The molecule has 0 radical (unpaired) electrons. The van der Waals surface area contributed by atoms with Crippen molar-refractivity contribution < 1.29 is 10.2 Å². The fraction of sp³-hybridized carbons (Fsp3) is 0.300. The summed E-state index contributed by atoms with van der Waals surface area (Å²) in [4.78, 5) is 0.768. The number of aliphatic hydroxyl groups excluding tert-OH is 2. The monoisotopic (exact) mass is 260 g/mol. The minimum absolute atomic E-state index is 0.0662. The smallest absolute Gasteiger partial charge is 0.123 e. The van der Waals surface area contributed by atoms with Crippen LogP contribution >= 0.6 is 23.4 Å². The maximum absolute atomic E-state index is 9.22. The number of nitrogen functional groups attached to an aromatic ring is 1. The molecule has 5 N–H and O–H groups in total. The third-order valence-electron chi connectivity index (χ3n) is 1.87. The first-order valence-electron chi connectivity index (χ1n) is 4.60. The lowest BCUT2D eigenvalue weighted by atomic mass is 10.2. The second kappa shape index (κ2) is 6.10. The Bertz CT molecular complexity index is 387. The van der Waals surface area contributed by atoms with Crippen LogP contribution in [0.4, 0.5) is 0 Å². The maximum Gasteiger partial charge on any atom is 0.123 e. The maximum atomic E-state index is 9.22. The van der Waals surface area contributed by atoms with E-state index in [1.807, 2.05) is 0 Å². The largest absolute Gasteiger partial charge is 0.394 e. The topological polar surface area (TPSA) is 90.3 Å². The first-order chi connectivity index (χ1) is 7.54. The molecule has 1 rings (SSSR count). The van der Waals surface area contributed by atoms with E-state index in [1.54, 1.807) is 18.2 Å². The number of amidine groups is 1. The SMILES string of the molecule is N=C(N)c1cc(Cl)ccc1SCC(O)CO. The van der Waals surface area contributed by atoms with Gasteiger partial charge in [-0.05, 0) is 18.2 Å². The van der Waals surface area contributed by atoms with Crippen molar-refractivity contribution in [3.05, 3.63) is 28.8 Å². The summed E-state index contributed by atoms with van der Waals surface area (Å²) in [6.45, 7) is -0.282. The van der Waals surface area contributed by atoms with E-state index in [-0.39, 0.29) is 12.4 Å². The van der Waals surface area contributed by atoms with Crippen LogP contribution in [0.25, 0.3) is 0 Å². The van der Waals surface area contributed by atoms with Gasteiger partial charge in [0.25, 0.3) is 0 Å². The number of halogens is 1. The van der Waals surface area contributed by atoms with Gasteiger partial charge in [0.2, 0.25) is 0 Å². The quantitative estimate of drug-likeness (QED) is 0.362. The van der Waals surface area contributed by atoms with E-state index in [2.05, 4.69) is 0 Å². The molecule has 0 bridgehead atoms. The molecule has 0 spiro atoms. The molecule has 1 atom stereocenters. The molecule has 6 heteroatoms. The van der Waals surface area contributed by atoms with Gasteiger partial charge in [0.15, 0.2) is 0 Å². The molecule has 16 heavy (non-hydrogen) atoms. The molecule has 0 aromatic heterocycles. The molecule has 0 saturated heterocycles. The van der Waals surface area contributed by atoms with Gasteiger partial charge in [0, 0.05) is 21.2 Å². The van der Waals surface area contributed by atoms with E-state index in [9.17, 15) is 5.11 Å². The zero-order chi connectivity index (χ0) is 12.1. The van der Waals surface area contributed by atoms with E-state index < -0.39 is 6.10 Å².